The third-order valence-corrected chi connectivity index (χ3v) is 9.22. The molecule has 0 aromatic heterocycles. The minimum Gasteiger partial charge on any atom is -0.394 e. The molecule has 3 saturated heterocycles. The Morgan fingerprint density at radius 3 is 2.25 bits per heavy atom. The van der Waals surface area contributed by atoms with E-state index in [0.29, 0.717) is 38.9 Å². The van der Waals surface area contributed by atoms with Crippen LogP contribution in [0.2, 0.25) is 0 Å². The number of aliphatic hydroxyl groups excluding tert-OH is 1. The number of hydrogen-bond acceptors (Lipinski definition) is 5. The Morgan fingerprint density at radius 2 is 1.75 bits per heavy atom. The van der Waals surface area contributed by atoms with Crippen LogP contribution in [0.4, 0.5) is 0 Å². The highest BCUT2D eigenvalue weighted by atomic mass is 16.5. The zero-order valence-electron chi connectivity index (χ0n) is 26.2. The molecule has 40 heavy (non-hydrogen) atoms. The largest absolute Gasteiger partial charge is 0.394 e. The quantitative estimate of drug-likeness (QED) is 0.342. The number of nitrogens with zero attached hydrogens (tertiary/aromatic N) is 3. The van der Waals surface area contributed by atoms with Gasteiger partial charge in [0, 0.05) is 25.2 Å². The maximum absolute atomic E-state index is 14.8. The third-order valence-electron chi connectivity index (χ3n) is 9.22. The highest BCUT2D eigenvalue weighted by molar-refractivity contribution is 5.99. The average Bonchev–Trinajstić information content (AvgIpc) is 3.42. The zero-order valence-corrected chi connectivity index (χ0v) is 26.2. The maximum atomic E-state index is 14.8. The molecular weight excluding hydrogens is 506 g/mol. The molecule has 0 aromatic carbocycles. The summed E-state index contributed by atoms with van der Waals surface area (Å²) in [5.41, 5.74) is -2.56. The molecule has 226 valence electrons. The average molecular weight is 560 g/mol. The number of amides is 3. The van der Waals surface area contributed by atoms with Crippen molar-refractivity contribution >= 4 is 17.7 Å². The lowest BCUT2D eigenvalue weighted by molar-refractivity contribution is -0.160. The molecule has 3 aliphatic rings. The monoisotopic (exact) mass is 559 g/mol. The van der Waals surface area contributed by atoms with Crippen LogP contribution >= 0.6 is 0 Å². The van der Waals surface area contributed by atoms with Gasteiger partial charge in [-0.05, 0) is 58.3 Å². The van der Waals surface area contributed by atoms with Crippen LogP contribution in [0.1, 0.15) is 87.5 Å². The molecular formula is C32H53N3O5. The summed E-state index contributed by atoms with van der Waals surface area (Å²) in [4.78, 5) is 48.6. The number of aliphatic hydroxyl groups is 1. The molecule has 3 aliphatic heterocycles. The number of fused-ring (bicyclic) bond motifs is 1. The molecule has 8 nitrogen and oxygen atoms in total. The van der Waals surface area contributed by atoms with Gasteiger partial charge < -0.3 is 24.5 Å². The Kier molecular flexibility index (Phi) is 9.37. The van der Waals surface area contributed by atoms with Gasteiger partial charge in [-0.1, -0.05) is 46.8 Å². The lowest BCUT2D eigenvalue weighted by Gasteiger charge is -2.46. The molecule has 3 rings (SSSR count). The van der Waals surface area contributed by atoms with Crippen molar-refractivity contribution in [3.63, 3.8) is 0 Å². The van der Waals surface area contributed by atoms with E-state index in [4.69, 9.17) is 4.74 Å². The number of carbonyl (C=O) groups is 3. The SMILES string of the molecule is C=CCN(CCC)C(=O)[C@@H]1[C@H]2C(=O)N([C@@H](CC)CO)C(C(=O)N(CC=C)C(C)(C)CC(C)(C)C)C23CC[C@@]1(C)O3. The van der Waals surface area contributed by atoms with Gasteiger partial charge in [0.05, 0.1) is 30.1 Å². The summed E-state index contributed by atoms with van der Waals surface area (Å²) in [7, 11) is 0. The first-order valence-corrected chi connectivity index (χ1v) is 15.0. The van der Waals surface area contributed by atoms with Gasteiger partial charge in [-0.25, -0.2) is 0 Å². The summed E-state index contributed by atoms with van der Waals surface area (Å²) in [6, 6.07) is -1.48. The summed E-state index contributed by atoms with van der Waals surface area (Å²) >= 11 is 0. The lowest BCUT2D eigenvalue weighted by atomic mass is 9.66. The van der Waals surface area contributed by atoms with Crippen LogP contribution in [-0.2, 0) is 19.1 Å². The van der Waals surface area contributed by atoms with E-state index in [2.05, 4.69) is 47.8 Å². The van der Waals surface area contributed by atoms with Gasteiger partial charge in [-0.3, -0.25) is 14.4 Å². The van der Waals surface area contributed by atoms with Gasteiger partial charge in [0.2, 0.25) is 17.7 Å². The van der Waals surface area contributed by atoms with Crippen molar-refractivity contribution in [2.24, 2.45) is 17.3 Å². The predicted molar refractivity (Wildman–Crippen MR) is 157 cm³/mol. The molecule has 1 N–H and O–H groups in total. The summed E-state index contributed by atoms with van der Waals surface area (Å²) in [5.74, 6) is -2.07. The van der Waals surface area contributed by atoms with Crippen LogP contribution in [0.5, 0.6) is 0 Å². The van der Waals surface area contributed by atoms with Crippen LogP contribution in [0.3, 0.4) is 0 Å². The minimum absolute atomic E-state index is 0.0482. The van der Waals surface area contributed by atoms with E-state index in [1.165, 1.54) is 0 Å². The summed E-state index contributed by atoms with van der Waals surface area (Å²) < 4.78 is 6.84. The Labute approximate surface area is 241 Å². The molecule has 3 amide bonds. The van der Waals surface area contributed by atoms with Gasteiger partial charge >= 0.3 is 0 Å². The zero-order chi connectivity index (χ0) is 30.3. The standard InChI is InChI=1S/C32H53N3O5/c1-11-17-33(18-12-2)26(37)23-24-27(38)35(22(14-4)20-36)25(32(24)16-15-31(23,10)40-32)28(39)34(19-13-3)30(8,9)21-29(5,6)7/h11,13,22-25,36H,1,3,12,14-21H2,2,4-10H3/t22-,23-,24-,25?,31+,32?/m0/s1. The first-order valence-electron chi connectivity index (χ1n) is 15.0. The third kappa shape index (κ3) is 5.38. The highest BCUT2D eigenvalue weighted by Crippen LogP contribution is 2.64. The number of carbonyl (C=O) groups excluding carboxylic acids is 3. The predicted octanol–water partition coefficient (Wildman–Crippen LogP) is 4.18. The first kappa shape index (κ1) is 32.3. The fourth-order valence-electron chi connectivity index (χ4n) is 8.05. The van der Waals surface area contributed by atoms with Crippen molar-refractivity contribution in [3.05, 3.63) is 25.3 Å². The first-order chi connectivity index (χ1) is 18.6. The minimum atomic E-state index is -1.13. The van der Waals surface area contributed by atoms with E-state index in [0.717, 1.165) is 12.8 Å². The van der Waals surface area contributed by atoms with Crippen molar-refractivity contribution in [2.45, 2.75) is 116 Å². The molecule has 6 atom stereocenters. The van der Waals surface area contributed by atoms with Crippen LogP contribution in [-0.4, -0.2) is 92.6 Å². The molecule has 0 aliphatic carbocycles. The molecule has 2 bridgehead atoms. The molecule has 1 spiro atoms. The second-order valence-electron chi connectivity index (χ2n) is 14.1. The molecule has 8 heteroatoms. The van der Waals surface area contributed by atoms with Gasteiger partial charge in [0.1, 0.15) is 11.6 Å². The van der Waals surface area contributed by atoms with Crippen LogP contribution in [0, 0.1) is 17.3 Å². The van der Waals surface area contributed by atoms with Gasteiger partial charge in [0.15, 0.2) is 0 Å². The summed E-state index contributed by atoms with van der Waals surface area (Å²) in [6.45, 7) is 25.1. The van der Waals surface area contributed by atoms with Crippen molar-refractivity contribution in [2.75, 3.05) is 26.2 Å². The molecule has 3 heterocycles. The van der Waals surface area contributed by atoms with Gasteiger partial charge in [0.25, 0.3) is 0 Å². The van der Waals surface area contributed by atoms with Crippen LogP contribution in [0.15, 0.2) is 25.3 Å². The van der Waals surface area contributed by atoms with E-state index < -0.39 is 40.7 Å². The number of likely N-dealkylation sites (tertiary alicyclic amines) is 1. The van der Waals surface area contributed by atoms with Crippen LogP contribution in [0.25, 0.3) is 0 Å². The second-order valence-corrected chi connectivity index (χ2v) is 14.1. The number of ether oxygens (including phenoxy) is 1. The second kappa shape index (κ2) is 11.6. The Balaban J connectivity index is 2.17. The topological polar surface area (TPSA) is 90.4 Å². The Hall–Kier alpha value is -2.19. The van der Waals surface area contributed by atoms with Crippen molar-refractivity contribution in [1.82, 2.24) is 14.7 Å². The molecule has 0 saturated carbocycles. The van der Waals surface area contributed by atoms with E-state index in [1.807, 2.05) is 25.7 Å². The maximum Gasteiger partial charge on any atom is 0.249 e. The molecule has 2 unspecified atom stereocenters. The van der Waals surface area contributed by atoms with E-state index in [1.54, 1.807) is 22.0 Å². The van der Waals surface area contributed by atoms with Gasteiger partial charge in [-0.2, -0.15) is 0 Å². The van der Waals surface area contributed by atoms with Crippen molar-refractivity contribution in [3.8, 4) is 0 Å². The van der Waals surface area contributed by atoms with Gasteiger partial charge in [-0.15, -0.1) is 13.2 Å². The van der Waals surface area contributed by atoms with E-state index in [-0.39, 0.29) is 29.7 Å². The molecule has 0 aromatic rings. The summed E-state index contributed by atoms with van der Waals surface area (Å²) in [6.07, 6.45) is 6.52. The van der Waals surface area contributed by atoms with E-state index in [9.17, 15) is 19.5 Å². The molecule has 3 fully saturated rings. The smallest absolute Gasteiger partial charge is 0.249 e. The normalized spacial score (nSPS) is 30.3. The van der Waals surface area contributed by atoms with Crippen molar-refractivity contribution < 1.29 is 24.2 Å². The molecule has 0 radical (unpaired) electrons. The van der Waals surface area contributed by atoms with E-state index >= 15 is 0 Å². The highest BCUT2D eigenvalue weighted by Gasteiger charge is 2.79. The lowest BCUT2D eigenvalue weighted by Crippen LogP contribution is -2.62. The number of rotatable bonds is 13. The van der Waals surface area contributed by atoms with Crippen molar-refractivity contribution in [1.29, 1.82) is 0 Å². The number of hydrogen-bond donors (Lipinski definition) is 1. The Bertz CT molecular complexity index is 999. The Morgan fingerprint density at radius 1 is 1.12 bits per heavy atom. The van der Waals surface area contributed by atoms with Crippen LogP contribution < -0.4 is 0 Å². The summed E-state index contributed by atoms with van der Waals surface area (Å²) in [5, 5.41) is 10.4. The fourth-order valence-corrected chi connectivity index (χ4v) is 8.05. The fraction of sp³-hybridized carbons (Fsp3) is 0.781.